The third kappa shape index (κ3) is 2.85. The molecule has 1 aliphatic carbocycles. The second kappa shape index (κ2) is 4.84. The van der Waals surface area contributed by atoms with E-state index in [1.54, 1.807) is 6.26 Å². The van der Waals surface area contributed by atoms with E-state index in [9.17, 15) is 0 Å². The maximum atomic E-state index is 5.31. The van der Waals surface area contributed by atoms with Gasteiger partial charge < -0.3 is 9.73 Å². The van der Waals surface area contributed by atoms with Gasteiger partial charge in [-0.1, -0.05) is 13.8 Å². The highest BCUT2D eigenvalue weighted by Gasteiger charge is 2.23. The van der Waals surface area contributed by atoms with Crippen LogP contribution >= 0.6 is 0 Å². The molecule has 1 fully saturated rings. The summed E-state index contributed by atoms with van der Waals surface area (Å²) in [6, 6.07) is 4.66. The Labute approximate surface area is 92.1 Å². The molecule has 0 spiro atoms. The number of furan rings is 1. The minimum absolute atomic E-state index is 0.682. The van der Waals surface area contributed by atoms with Gasteiger partial charge in [-0.05, 0) is 43.2 Å². The number of rotatable bonds is 3. The first kappa shape index (κ1) is 10.7. The maximum absolute atomic E-state index is 5.31. The monoisotopic (exact) mass is 207 g/mol. The van der Waals surface area contributed by atoms with Gasteiger partial charge in [-0.3, -0.25) is 0 Å². The third-order valence-electron chi connectivity index (χ3n) is 3.74. The number of hydrogen-bond acceptors (Lipinski definition) is 2. The van der Waals surface area contributed by atoms with Crippen LogP contribution in [0, 0.1) is 11.8 Å². The molecule has 0 saturated heterocycles. The summed E-state index contributed by atoms with van der Waals surface area (Å²) in [6.45, 7) is 5.61. The van der Waals surface area contributed by atoms with E-state index in [1.807, 2.05) is 12.1 Å². The Morgan fingerprint density at radius 2 is 2.20 bits per heavy atom. The van der Waals surface area contributed by atoms with Crippen molar-refractivity contribution in [1.29, 1.82) is 0 Å². The number of hydrogen-bond donors (Lipinski definition) is 1. The Hall–Kier alpha value is -0.760. The molecule has 84 valence electrons. The quantitative estimate of drug-likeness (QED) is 0.823. The van der Waals surface area contributed by atoms with E-state index < -0.39 is 0 Å². The van der Waals surface area contributed by atoms with Crippen molar-refractivity contribution in [3.8, 4) is 0 Å². The van der Waals surface area contributed by atoms with E-state index in [0.717, 1.165) is 24.1 Å². The van der Waals surface area contributed by atoms with Crippen LogP contribution in [0.2, 0.25) is 0 Å². The molecule has 1 aromatic rings. The van der Waals surface area contributed by atoms with Crippen LogP contribution < -0.4 is 5.32 Å². The molecule has 2 heteroatoms. The van der Waals surface area contributed by atoms with E-state index in [4.69, 9.17) is 4.42 Å². The van der Waals surface area contributed by atoms with Crippen LogP contribution in [-0.4, -0.2) is 6.04 Å². The van der Waals surface area contributed by atoms with Crippen molar-refractivity contribution in [3.63, 3.8) is 0 Å². The Balaban J connectivity index is 1.76. The Kier molecular flexibility index (Phi) is 3.47. The van der Waals surface area contributed by atoms with Crippen molar-refractivity contribution >= 4 is 0 Å². The second-order valence-corrected chi connectivity index (χ2v) is 4.92. The summed E-state index contributed by atoms with van der Waals surface area (Å²) < 4.78 is 5.31. The van der Waals surface area contributed by atoms with Crippen LogP contribution in [0.1, 0.15) is 38.9 Å². The van der Waals surface area contributed by atoms with Crippen LogP contribution in [-0.2, 0) is 6.54 Å². The van der Waals surface area contributed by atoms with Gasteiger partial charge in [0.25, 0.3) is 0 Å². The van der Waals surface area contributed by atoms with Gasteiger partial charge in [-0.2, -0.15) is 0 Å². The van der Waals surface area contributed by atoms with Crippen molar-refractivity contribution in [2.24, 2.45) is 11.8 Å². The topological polar surface area (TPSA) is 25.2 Å². The van der Waals surface area contributed by atoms with Crippen LogP contribution in [0.3, 0.4) is 0 Å². The average molecular weight is 207 g/mol. The van der Waals surface area contributed by atoms with Gasteiger partial charge in [0.2, 0.25) is 0 Å². The van der Waals surface area contributed by atoms with Crippen molar-refractivity contribution in [3.05, 3.63) is 24.2 Å². The van der Waals surface area contributed by atoms with E-state index in [2.05, 4.69) is 19.2 Å². The highest BCUT2D eigenvalue weighted by atomic mass is 16.3. The summed E-state index contributed by atoms with van der Waals surface area (Å²) in [4.78, 5) is 0. The summed E-state index contributed by atoms with van der Waals surface area (Å²) in [5, 5.41) is 3.58. The van der Waals surface area contributed by atoms with E-state index >= 15 is 0 Å². The predicted molar refractivity (Wildman–Crippen MR) is 61.5 cm³/mol. The molecule has 15 heavy (non-hydrogen) atoms. The van der Waals surface area contributed by atoms with Crippen LogP contribution in [0.15, 0.2) is 22.8 Å². The first-order valence-corrected chi connectivity index (χ1v) is 6.01. The molecular formula is C13H21NO. The van der Waals surface area contributed by atoms with E-state index in [-0.39, 0.29) is 0 Å². The molecule has 0 unspecified atom stereocenters. The summed E-state index contributed by atoms with van der Waals surface area (Å²) in [5.41, 5.74) is 0. The zero-order valence-electron chi connectivity index (χ0n) is 9.70. The minimum atomic E-state index is 0.682. The molecule has 1 saturated carbocycles. The lowest BCUT2D eigenvalue weighted by atomic mass is 9.79. The first-order chi connectivity index (χ1) is 7.25. The summed E-state index contributed by atoms with van der Waals surface area (Å²) in [5.74, 6) is 2.79. The zero-order chi connectivity index (χ0) is 10.7. The first-order valence-electron chi connectivity index (χ1n) is 6.01. The smallest absolute Gasteiger partial charge is 0.117 e. The average Bonchev–Trinajstić information content (AvgIpc) is 2.73. The normalized spacial score (nSPS) is 31.7. The van der Waals surface area contributed by atoms with Crippen molar-refractivity contribution in [2.75, 3.05) is 0 Å². The van der Waals surface area contributed by atoms with Crippen LogP contribution in [0.4, 0.5) is 0 Å². The lowest BCUT2D eigenvalue weighted by molar-refractivity contribution is 0.223. The second-order valence-electron chi connectivity index (χ2n) is 4.92. The van der Waals surface area contributed by atoms with Crippen molar-refractivity contribution in [2.45, 2.75) is 45.7 Å². The van der Waals surface area contributed by atoms with Crippen LogP contribution in [0.5, 0.6) is 0 Å². The highest BCUT2D eigenvalue weighted by Crippen LogP contribution is 2.29. The summed E-state index contributed by atoms with van der Waals surface area (Å²) >= 11 is 0. The minimum Gasteiger partial charge on any atom is -0.468 e. The molecule has 2 rings (SSSR count). The van der Waals surface area contributed by atoms with Crippen molar-refractivity contribution < 1.29 is 4.42 Å². The molecule has 0 aliphatic heterocycles. The molecule has 1 aliphatic rings. The molecular weight excluding hydrogens is 186 g/mol. The highest BCUT2D eigenvalue weighted by molar-refractivity contribution is 4.98. The zero-order valence-corrected chi connectivity index (χ0v) is 9.70. The fourth-order valence-corrected chi connectivity index (χ4v) is 2.39. The van der Waals surface area contributed by atoms with Gasteiger partial charge in [0, 0.05) is 6.04 Å². The molecule has 0 radical (unpaired) electrons. The van der Waals surface area contributed by atoms with E-state index in [0.29, 0.717) is 6.04 Å². The Bertz CT molecular complexity index is 281. The Morgan fingerprint density at radius 3 is 2.87 bits per heavy atom. The van der Waals surface area contributed by atoms with Gasteiger partial charge in [0.1, 0.15) is 5.76 Å². The summed E-state index contributed by atoms with van der Waals surface area (Å²) in [6.07, 6.45) is 5.72. The van der Waals surface area contributed by atoms with Gasteiger partial charge in [-0.15, -0.1) is 0 Å². The maximum Gasteiger partial charge on any atom is 0.117 e. The molecule has 3 atom stereocenters. The summed E-state index contributed by atoms with van der Waals surface area (Å²) in [7, 11) is 0. The standard InChI is InChI=1S/C13H21NO/c1-10-5-6-12(8-11(10)2)14-9-13-4-3-7-15-13/h3-4,7,10-12,14H,5-6,8-9H2,1-2H3/t10-,11-,12-/m0/s1. The van der Waals surface area contributed by atoms with E-state index in [1.165, 1.54) is 19.3 Å². The third-order valence-corrected chi connectivity index (χ3v) is 3.74. The lowest BCUT2D eigenvalue weighted by Gasteiger charge is -2.32. The molecule has 1 aromatic heterocycles. The molecule has 0 amide bonds. The lowest BCUT2D eigenvalue weighted by Crippen LogP contribution is -2.35. The Morgan fingerprint density at radius 1 is 1.33 bits per heavy atom. The molecule has 1 N–H and O–H groups in total. The van der Waals surface area contributed by atoms with Gasteiger partial charge in [0.05, 0.1) is 12.8 Å². The molecule has 0 bridgehead atoms. The van der Waals surface area contributed by atoms with Gasteiger partial charge in [-0.25, -0.2) is 0 Å². The van der Waals surface area contributed by atoms with Crippen molar-refractivity contribution in [1.82, 2.24) is 5.32 Å². The van der Waals surface area contributed by atoms with Gasteiger partial charge >= 0.3 is 0 Å². The molecule has 0 aromatic carbocycles. The fraction of sp³-hybridized carbons (Fsp3) is 0.692. The SMILES string of the molecule is C[C@H]1CC[C@H](NCc2ccco2)C[C@@H]1C. The van der Waals surface area contributed by atoms with Crippen LogP contribution in [0.25, 0.3) is 0 Å². The largest absolute Gasteiger partial charge is 0.468 e. The van der Waals surface area contributed by atoms with Gasteiger partial charge in [0.15, 0.2) is 0 Å². The molecule has 2 nitrogen and oxygen atoms in total. The fourth-order valence-electron chi connectivity index (χ4n) is 2.39. The number of nitrogens with one attached hydrogen (secondary N) is 1. The predicted octanol–water partition coefficient (Wildman–Crippen LogP) is 3.19. The molecule has 1 heterocycles.